The SMILES string of the molecule is Cc1csc(=O)n1CCC(=O)N(C)C(C)CO. The van der Waals surface area contributed by atoms with Gasteiger partial charge in [0, 0.05) is 31.1 Å². The third kappa shape index (κ3) is 3.41. The van der Waals surface area contributed by atoms with Gasteiger partial charge in [-0.3, -0.25) is 9.59 Å². The van der Waals surface area contributed by atoms with Gasteiger partial charge in [0.25, 0.3) is 0 Å². The summed E-state index contributed by atoms with van der Waals surface area (Å²) in [5.41, 5.74) is 0.880. The number of hydrogen-bond donors (Lipinski definition) is 1. The van der Waals surface area contributed by atoms with Gasteiger partial charge in [-0.05, 0) is 13.8 Å². The van der Waals surface area contributed by atoms with Crippen molar-refractivity contribution in [3.05, 3.63) is 20.7 Å². The first-order valence-electron chi connectivity index (χ1n) is 5.48. The number of hydrogen-bond acceptors (Lipinski definition) is 4. The Kier molecular flexibility index (Phi) is 4.89. The number of carbonyl (C=O) groups excluding carboxylic acids is 1. The van der Waals surface area contributed by atoms with Crippen molar-refractivity contribution in [2.75, 3.05) is 13.7 Å². The van der Waals surface area contributed by atoms with E-state index in [9.17, 15) is 9.59 Å². The number of aliphatic hydroxyl groups is 1. The van der Waals surface area contributed by atoms with E-state index in [0.717, 1.165) is 17.0 Å². The molecule has 1 rings (SSSR count). The summed E-state index contributed by atoms with van der Waals surface area (Å²) in [5.74, 6) is -0.0657. The molecule has 96 valence electrons. The molecule has 0 saturated carbocycles. The number of aromatic nitrogens is 1. The van der Waals surface area contributed by atoms with Gasteiger partial charge in [-0.25, -0.2) is 0 Å². The topological polar surface area (TPSA) is 62.5 Å². The molecule has 0 bridgehead atoms. The van der Waals surface area contributed by atoms with Crippen LogP contribution in [-0.4, -0.2) is 40.2 Å². The fourth-order valence-electron chi connectivity index (χ4n) is 1.43. The molecule has 0 aromatic carbocycles. The maximum absolute atomic E-state index is 11.8. The zero-order chi connectivity index (χ0) is 13.0. The molecular formula is C11H18N2O3S. The molecule has 0 spiro atoms. The number of rotatable bonds is 5. The largest absolute Gasteiger partial charge is 0.394 e. The zero-order valence-corrected chi connectivity index (χ0v) is 11.2. The van der Waals surface area contributed by atoms with E-state index in [1.807, 2.05) is 6.92 Å². The second-order valence-corrected chi connectivity index (χ2v) is 4.90. The summed E-state index contributed by atoms with van der Waals surface area (Å²) in [7, 11) is 1.66. The number of aliphatic hydroxyl groups excluding tert-OH is 1. The van der Waals surface area contributed by atoms with Crippen molar-refractivity contribution in [1.82, 2.24) is 9.47 Å². The summed E-state index contributed by atoms with van der Waals surface area (Å²) in [4.78, 5) is 24.7. The highest BCUT2D eigenvalue weighted by molar-refractivity contribution is 7.07. The van der Waals surface area contributed by atoms with Gasteiger partial charge >= 0.3 is 4.87 Å². The molecule has 0 saturated heterocycles. The lowest BCUT2D eigenvalue weighted by Gasteiger charge is -2.23. The predicted molar refractivity (Wildman–Crippen MR) is 67.3 cm³/mol. The number of amides is 1. The molecule has 1 unspecified atom stereocenters. The molecule has 6 heteroatoms. The highest BCUT2D eigenvalue weighted by Crippen LogP contribution is 2.03. The summed E-state index contributed by atoms with van der Waals surface area (Å²) >= 11 is 1.14. The maximum Gasteiger partial charge on any atom is 0.307 e. The lowest BCUT2D eigenvalue weighted by atomic mass is 10.3. The summed E-state index contributed by atoms with van der Waals surface area (Å²) < 4.78 is 1.60. The van der Waals surface area contributed by atoms with Gasteiger partial charge in [0.15, 0.2) is 0 Å². The average molecular weight is 258 g/mol. The second-order valence-electron chi connectivity index (χ2n) is 4.08. The Morgan fingerprint density at radius 3 is 2.76 bits per heavy atom. The van der Waals surface area contributed by atoms with Gasteiger partial charge in [0.2, 0.25) is 5.91 Å². The van der Waals surface area contributed by atoms with Crippen LogP contribution in [0.4, 0.5) is 0 Å². The Labute approximate surface area is 104 Å². The van der Waals surface area contributed by atoms with Crippen LogP contribution in [0.15, 0.2) is 10.2 Å². The summed E-state index contributed by atoms with van der Waals surface area (Å²) in [6, 6.07) is -0.192. The molecule has 0 aliphatic heterocycles. The van der Waals surface area contributed by atoms with Gasteiger partial charge in [0.1, 0.15) is 0 Å². The van der Waals surface area contributed by atoms with Crippen molar-refractivity contribution in [3.8, 4) is 0 Å². The fraction of sp³-hybridized carbons (Fsp3) is 0.636. The minimum Gasteiger partial charge on any atom is -0.394 e. The number of likely N-dealkylation sites (N-methyl/N-ethyl adjacent to an activating group) is 1. The Bertz CT molecular complexity index is 438. The van der Waals surface area contributed by atoms with Crippen molar-refractivity contribution in [2.45, 2.75) is 32.9 Å². The first-order valence-corrected chi connectivity index (χ1v) is 6.36. The summed E-state index contributed by atoms with van der Waals surface area (Å²) in [5, 5.41) is 10.7. The van der Waals surface area contributed by atoms with Crippen LogP contribution in [0.3, 0.4) is 0 Å². The third-order valence-corrected chi connectivity index (χ3v) is 3.73. The van der Waals surface area contributed by atoms with Crippen LogP contribution in [0.5, 0.6) is 0 Å². The van der Waals surface area contributed by atoms with Crippen molar-refractivity contribution in [2.24, 2.45) is 0 Å². The molecule has 1 amide bonds. The fourth-order valence-corrected chi connectivity index (χ4v) is 2.19. The number of nitrogens with zero attached hydrogens (tertiary/aromatic N) is 2. The molecule has 1 atom stereocenters. The Balaban J connectivity index is 2.57. The number of carbonyl (C=O) groups is 1. The molecular weight excluding hydrogens is 240 g/mol. The second kappa shape index (κ2) is 5.97. The van der Waals surface area contributed by atoms with E-state index in [1.54, 1.807) is 23.9 Å². The van der Waals surface area contributed by atoms with Crippen LogP contribution in [0.25, 0.3) is 0 Å². The van der Waals surface area contributed by atoms with Crippen molar-refractivity contribution >= 4 is 17.2 Å². The molecule has 0 aliphatic rings. The van der Waals surface area contributed by atoms with E-state index in [1.165, 1.54) is 4.90 Å². The third-order valence-electron chi connectivity index (χ3n) is 2.84. The molecule has 1 aromatic rings. The van der Waals surface area contributed by atoms with E-state index in [0.29, 0.717) is 6.54 Å². The van der Waals surface area contributed by atoms with Gasteiger partial charge < -0.3 is 14.6 Å². The van der Waals surface area contributed by atoms with Crippen LogP contribution >= 0.6 is 11.3 Å². The van der Waals surface area contributed by atoms with Gasteiger partial charge in [0.05, 0.1) is 12.6 Å². The molecule has 0 fully saturated rings. The Morgan fingerprint density at radius 2 is 2.29 bits per heavy atom. The van der Waals surface area contributed by atoms with Gasteiger partial charge in [-0.2, -0.15) is 0 Å². The standard InChI is InChI=1S/C11H18N2O3S/c1-8(6-14)12(3)10(15)4-5-13-9(2)7-17-11(13)16/h7-8,14H,4-6H2,1-3H3. The minimum absolute atomic E-state index is 0.0341. The van der Waals surface area contributed by atoms with Crippen LogP contribution in [0.2, 0.25) is 0 Å². The van der Waals surface area contributed by atoms with E-state index in [-0.39, 0.29) is 29.8 Å². The molecule has 1 N–H and O–H groups in total. The molecule has 1 heterocycles. The Morgan fingerprint density at radius 1 is 1.65 bits per heavy atom. The number of aryl methyl sites for hydroxylation is 1. The van der Waals surface area contributed by atoms with E-state index in [2.05, 4.69) is 0 Å². The lowest BCUT2D eigenvalue weighted by molar-refractivity contribution is -0.132. The maximum atomic E-state index is 11.8. The van der Waals surface area contributed by atoms with Crippen LogP contribution in [-0.2, 0) is 11.3 Å². The zero-order valence-electron chi connectivity index (χ0n) is 10.3. The smallest absolute Gasteiger partial charge is 0.307 e. The molecule has 17 heavy (non-hydrogen) atoms. The highest BCUT2D eigenvalue weighted by atomic mass is 32.1. The average Bonchev–Trinajstić information content (AvgIpc) is 2.64. The van der Waals surface area contributed by atoms with Crippen molar-refractivity contribution in [1.29, 1.82) is 0 Å². The summed E-state index contributed by atoms with van der Waals surface area (Å²) in [6.45, 7) is 3.97. The van der Waals surface area contributed by atoms with Crippen LogP contribution in [0.1, 0.15) is 19.0 Å². The number of thiazole rings is 1. The molecule has 1 aromatic heterocycles. The molecule has 5 nitrogen and oxygen atoms in total. The first kappa shape index (κ1) is 13.9. The Hall–Kier alpha value is -1.14. The monoisotopic (exact) mass is 258 g/mol. The minimum atomic E-state index is -0.192. The molecule has 0 radical (unpaired) electrons. The lowest BCUT2D eigenvalue weighted by Crippen LogP contribution is -2.38. The predicted octanol–water partition coefficient (Wildman–Crippen LogP) is 0.448. The summed E-state index contributed by atoms with van der Waals surface area (Å²) in [6.07, 6.45) is 0.276. The highest BCUT2D eigenvalue weighted by Gasteiger charge is 2.15. The van der Waals surface area contributed by atoms with Gasteiger partial charge in [-0.1, -0.05) is 11.3 Å². The van der Waals surface area contributed by atoms with Gasteiger partial charge in [-0.15, -0.1) is 0 Å². The normalized spacial score (nSPS) is 12.5. The van der Waals surface area contributed by atoms with E-state index in [4.69, 9.17) is 5.11 Å². The van der Waals surface area contributed by atoms with Crippen molar-refractivity contribution in [3.63, 3.8) is 0 Å². The van der Waals surface area contributed by atoms with E-state index >= 15 is 0 Å². The van der Waals surface area contributed by atoms with Crippen molar-refractivity contribution < 1.29 is 9.90 Å². The first-order chi connectivity index (χ1) is 7.97. The van der Waals surface area contributed by atoms with Crippen LogP contribution in [0, 0.1) is 6.92 Å². The quantitative estimate of drug-likeness (QED) is 0.834. The molecule has 0 aliphatic carbocycles. The van der Waals surface area contributed by atoms with E-state index < -0.39 is 0 Å². The van der Waals surface area contributed by atoms with Crippen LogP contribution < -0.4 is 4.87 Å².